The van der Waals surface area contributed by atoms with Gasteiger partial charge in [-0.15, -0.1) is 0 Å². The standard InChI is InChI=1S/C16H18N2/c1-14(17)12-13-18(15-8-4-2-5-9-15)16-10-6-3-7-11-16/h2-14H,17H2,1H3/b13-12+. The Kier molecular flexibility index (Phi) is 4.15. The molecule has 0 radical (unpaired) electrons. The second kappa shape index (κ2) is 6.03. The van der Waals surface area contributed by atoms with Gasteiger partial charge in [0.25, 0.3) is 0 Å². The summed E-state index contributed by atoms with van der Waals surface area (Å²) >= 11 is 0. The van der Waals surface area contributed by atoms with Gasteiger partial charge in [-0.1, -0.05) is 42.5 Å². The highest BCUT2D eigenvalue weighted by Gasteiger charge is 2.04. The van der Waals surface area contributed by atoms with E-state index in [0.717, 1.165) is 11.4 Å². The summed E-state index contributed by atoms with van der Waals surface area (Å²) < 4.78 is 0. The molecule has 0 fully saturated rings. The van der Waals surface area contributed by atoms with E-state index in [9.17, 15) is 0 Å². The van der Waals surface area contributed by atoms with Crippen LogP contribution in [0.5, 0.6) is 0 Å². The highest BCUT2D eigenvalue weighted by atomic mass is 15.1. The number of benzene rings is 2. The Hall–Kier alpha value is -2.06. The molecule has 0 aliphatic heterocycles. The van der Waals surface area contributed by atoms with Gasteiger partial charge in [-0.3, -0.25) is 0 Å². The van der Waals surface area contributed by atoms with Crippen LogP contribution in [0.1, 0.15) is 6.92 Å². The fourth-order valence-electron chi connectivity index (χ4n) is 1.72. The van der Waals surface area contributed by atoms with Crippen molar-refractivity contribution < 1.29 is 0 Å². The molecule has 0 amide bonds. The molecule has 0 aromatic heterocycles. The number of nitrogens with two attached hydrogens (primary N) is 1. The molecule has 2 heteroatoms. The number of rotatable bonds is 4. The van der Waals surface area contributed by atoms with Crippen LogP contribution in [0.4, 0.5) is 11.4 Å². The van der Waals surface area contributed by atoms with E-state index >= 15 is 0 Å². The van der Waals surface area contributed by atoms with Crippen molar-refractivity contribution >= 4 is 11.4 Å². The van der Waals surface area contributed by atoms with Gasteiger partial charge in [-0.2, -0.15) is 0 Å². The quantitative estimate of drug-likeness (QED) is 0.880. The summed E-state index contributed by atoms with van der Waals surface area (Å²) in [6, 6.07) is 20.5. The van der Waals surface area contributed by atoms with Crippen LogP contribution in [-0.4, -0.2) is 6.04 Å². The van der Waals surface area contributed by atoms with Gasteiger partial charge < -0.3 is 10.6 Å². The normalized spacial score (nSPS) is 12.6. The van der Waals surface area contributed by atoms with Crippen LogP contribution in [-0.2, 0) is 0 Å². The van der Waals surface area contributed by atoms with Crippen molar-refractivity contribution in [1.29, 1.82) is 0 Å². The fraction of sp³-hybridized carbons (Fsp3) is 0.125. The Bertz CT molecular complexity index is 450. The average molecular weight is 238 g/mol. The SMILES string of the molecule is CC(N)/C=C/N(c1ccccc1)c1ccccc1. The third kappa shape index (κ3) is 3.22. The molecule has 0 aliphatic rings. The second-order valence-corrected chi connectivity index (χ2v) is 4.24. The number of anilines is 2. The number of hydrogen-bond acceptors (Lipinski definition) is 2. The van der Waals surface area contributed by atoms with E-state index in [-0.39, 0.29) is 6.04 Å². The minimum absolute atomic E-state index is 0.0416. The molecule has 0 saturated carbocycles. The molecule has 0 spiro atoms. The fourth-order valence-corrected chi connectivity index (χ4v) is 1.72. The van der Waals surface area contributed by atoms with Gasteiger partial charge in [0.2, 0.25) is 0 Å². The summed E-state index contributed by atoms with van der Waals surface area (Å²) in [7, 11) is 0. The highest BCUT2D eigenvalue weighted by molar-refractivity contribution is 5.65. The van der Waals surface area contributed by atoms with Crippen molar-refractivity contribution in [2.24, 2.45) is 5.73 Å². The molecule has 2 N–H and O–H groups in total. The third-order valence-corrected chi connectivity index (χ3v) is 2.61. The molecule has 18 heavy (non-hydrogen) atoms. The van der Waals surface area contributed by atoms with Crippen molar-refractivity contribution in [3.05, 3.63) is 72.9 Å². The highest BCUT2D eigenvalue weighted by Crippen LogP contribution is 2.25. The van der Waals surface area contributed by atoms with Gasteiger partial charge in [0, 0.05) is 23.6 Å². The van der Waals surface area contributed by atoms with Gasteiger partial charge in [0.15, 0.2) is 0 Å². The van der Waals surface area contributed by atoms with E-state index in [1.807, 2.05) is 55.6 Å². The van der Waals surface area contributed by atoms with Crippen LogP contribution in [0.2, 0.25) is 0 Å². The lowest BCUT2D eigenvalue weighted by Crippen LogP contribution is -2.14. The molecule has 0 bridgehead atoms. The second-order valence-electron chi connectivity index (χ2n) is 4.24. The summed E-state index contributed by atoms with van der Waals surface area (Å²) in [6.45, 7) is 1.96. The molecular formula is C16H18N2. The summed E-state index contributed by atoms with van der Waals surface area (Å²) in [5, 5.41) is 0. The van der Waals surface area contributed by atoms with Gasteiger partial charge in [-0.25, -0.2) is 0 Å². The van der Waals surface area contributed by atoms with E-state index in [2.05, 4.69) is 29.2 Å². The van der Waals surface area contributed by atoms with Gasteiger partial charge in [0.1, 0.15) is 0 Å². The van der Waals surface area contributed by atoms with E-state index < -0.39 is 0 Å². The Morgan fingerprint density at radius 1 is 0.889 bits per heavy atom. The Morgan fingerprint density at radius 3 is 1.72 bits per heavy atom. The lowest BCUT2D eigenvalue weighted by molar-refractivity contribution is 0.920. The lowest BCUT2D eigenvalue weighted by Gasteiger charge is -2.21. The largest absolute Gasteiger partial charge is 0.325 e. The monoisotopic (exact) mass is 238 g/mol. The zero-order chi connectivity index (χ0) is 12.8. The van der Waals surface area contributed by atoms with Crippen LogP contribution in [0.15, 0.2) is 72.9 Å². The van der Waals surface area contributed by atoms with Crippen LogP contribution in [0.3, 0.4) is 0 Å². The van der Waals surface area contributed by atoms with Crippen LogP contribution >= 0.6 is 0 Å². The molecular weight excluding hydrogens is 220 g/mol. The molecule has 2 nitrogen and oxygen atoms in total. The van der Waals surface area contributed by atoms with E-state index in [1.165, 1.54) is 0 Å². The first kappa shape index (κ1) is 12.4. The van der Waals surface area contributed by atoms with Gasteiger partial charge >= 0.3 is 0 Å². The predicted molar refractivity (Wildman–Crippen MR) is 77.8 cm³/mol. The number of para-hydroxylation sites is 2. The first-order valence-corrected chi connectivity index (χ1v) is 6.10. The van der Waals surface area contributed by atoms with E-state index in [4.69, 9.17) is 5.73 Å². The van der Waals surface area contributed by atoms with Crippen LogP contribution in [0.25, 0.3) is 0 Å². The molecule has 0 heterocycles. The first-order valence-electron chi connectivity index (χ1n) is 6.10. The minimum Gasteiger partial charge on any atom is -0.325 e. The molecule has 2 aromatic carbocycles. The van der Waals surface area contributed by atoms with Crippen LogP contribution in [0, 0.1) is 0 Å². The molecule has 92 valence electrons. The zero-order valence-electron chi connectivity index (χ0n) is 10.5. The maximum atomic E-state index is 5.78. The van der Waals surface area contributed by atoms with Crippen molar-refractivity contribution in [2.45, 2.75) is 13.0 Å². The maximum Gasteiger partial charge on any atom is 0.0455 e. The summed E-state index contributed by atoms with van der Waals surface area (Å²) in [5.41, 5.74) is 8.03. The van der Waals surface area contributed by atoms with Crippen molar-refractivity contribution in [2.75, 3.05) is 4.90 Å². The molecule has 2 aromatic rings. The van der Waals surface area contributed by atoms with Gasteiger partial charge in [-0.05, 0) is 31.2 Å². The smallest absolute Gasteiger partial charge is 0.0455 e. The third-order valence-electron chi connectivity index (χ3n) is 2.61. The molecule has 0 aliphatic carbocycles. The first-order chi connectivity index (χ1) is 8.77. The number of hydrogen-bond donors (Lipinski definition) is 1. The van der Waals surface area contributed by atoms with Crippen molar-refractivity contribution in [3.63, 3.8) is 0 Å². The minimum atomic E-state index is 0.0416. The predicted octanol–water partition coefficient (Wildman–Crippen LogP) is 3.69. The summed E-state index contributed by atoms with van der Waals surface area (Å²) in [5.74, 6) is 0. The lowest BCUT2D eigenvalue weighted by atomic mass is 10.2. The van der Waals surface area contributed by atoms with Crippen molar-refractivity contribution in [3.8, 4) is 0 Å². The maximum absolute atomic E-state index is 5.78. The Morgan fingerprint density at radius 2 is 1.33 bits per heavy atom. The molecule has 2 rings (SSSR count). The zero-order valence-corrected chi connectivity index (χ0v) is 10.5. The van der Waals surface area contributed by atoms with E-state index in [0.29, 0.717) is 0 Å². The summed E-state index contributed by atoms with van der Waals surface area (Å²) in [4.78, 5) is 2.13. The number of nitrogens with zero attached hydrogens (tertiary/aromatic N) is 1. The molecule has 1 unspecified atom stereocenters. The average Bonchev–Trinajstić information content (AvgIpc) is 2.41. The van der Waals surface area contributed by atoms with Crippen LogP contribution < -0.4 is 10.6 Å². The Labute approximate surface area is 108 Å². The molecule has 0 saturated heterocycles. The Balaban J connectivity index is 2.35. The van der Waals surface area contributed by atoms with Gasteiger partial charge in [0.05, 0.1) is 0 Å². The van der Waals surface area contributed by atoms with E-state index in [1.54, 1.807) is 0 Å². The van der Waals surface area contributed by atoms with Crippen molar-refractivity contribution in [1.82, 2.24) is 0 Å². The summed E-state index contributed by atoms with van der Waals surface area (Å²) in [6.07, 6.45) is 4.01. The molecule has 1 atom stereocenters. The topological polar surface area (TPSA) is 29.3 Å².